The number of nitrogens with zero attached hydrogens (tertiary/aromatic N) is 1. The van der Waals surface area contributed by atoms with Gasteiger partial charge in [0.2, 0.25) is 0 Å². The number of hydrogen-bond donors (Lipinski definition) is 0. The lowest BCUT2D eigenvalue weighted by molar-refractivity contribution is 1.17. The molecule has 0 aromatic rings. The van der Waals surface area contributed by atoms with Gasteiger partial charge in [0.25, 0.3) is 0 Å². The van der Waals surface area contributed by atoms with Crippen molar-refractivity contribution in [3.05, 3.63) is 0 Å². The second kappa shape index (κ2) is 4.00. The van der Waals surface area contributed by atoms with Gasteiger partial charge in [-0.15, -0.1) is 0 Å². The van der Waals surface area contributed by atoms with Gasteiger partial charge in [0.15, 0.2) is 0 Å². The van der Waals surface area contributed by atoms with Gasteiger partial charge in [-0.2, -0.15) is 0 Å². The lowest BCUT2D eigenvalue weighted by Crippen LogP contribution is -2.24. The Morgan fingerprint density at radius 2 is 2.00 bits per heavy atom. The molecule has 0 aromatic heterocycles. The summed E-state index contributed by atoms with van der Waals surface area (Å²) < 4.78 is 2.66. The van der Waals surface area contributed by atoms with Crippen LogP contribution in [0.5, 0.6) is 0 Å². The van der Waals surface area contributed by atoms with Gasteiger partial charge in [-0.05, 0) is 0 Å². The van der Waals surface area contributed by atoms with Crippen LogP contribution >= 0.6 is 0 Å². The smallest absolute Gasteiger partial charge is 0.0636 e. The monoisotopic (exact) mass is 151 g/mol. The van der Waals surface area contributed by atoms with Gasteiger partial charge in [0, 0.05) is 9.04 Å². The van der Waals surface area contributed by atoms with Crippen molar-refractivity contribution in [2.75, 3.05) is 0 Å². The van der Waals surface area contributed by atoms with Crippen molar-refractivity contribution in [1.82, 2.24) is 3.90 Å². The molecule has 0 aromatic carbocycles. The molecule has 38 valence electrons. The molecule has 0 radical (unpaired) electrons. The Hall–Kier alpha value is 0.828. The zero-order valence-electron chi connectivity index (χ0n) is 4.86. The van der Waals surface area contributed by atoms with E-state index < -0.39 is 0 Å². The second-order valence-corrected chi connectivity index (χ2v) is 16.2. The van der Waals surface area contributed by atoms with Gasteiger partial charge < -0.3 is 3.90 Å². The molecule has 0 aliphatic rings. The molecule has 0 bridgehead atoms. The average Bonchev–Trinajstić information content (AvgIpc) is 1.35. The van der Waals surface area contributed by atoms with E-state index in [9.17, 15) is 0 Å². The van der Waals surface area contributed by atoms with E-state index in [0.717, 1.165) is 0 Å². The maximum absolute atomic E-state index is 2.66. The van der Waals surface area contributed by atoms with Crippen molar-refractivity contribution >= 4 is 39.0 Å². The van der Waals surface area contributed by atoms with Crippen LogP contribution in [0.3, 0.4) is 0 Å². The first-order valence-corrected chi connectivity index (χ1v) is 10.3. The molecule has 0 spiro atoms. The predicted molar refractivity (Wildman–Crippen MR) is 44.7 cm³/mol. The molecular weight excluding hydrogens is 138 g/mol. The summed E-state index contributed by atoms with van der Waals surface area (Å²) in [5, 5.41) is 0. The highest BCUT2D eigenvalue weighted by Gasteiger charge is 1.81. The molecule has 6 heavy (non-hydrogen) atoms. The fraction of sp³-hybridized carbons (Fsp3) is 1.00. The normalized spacial score (nSPS) is 15.0. The summed E-state index contributed by atoms with van der Waals surface area (Å²) in [6.45, 7) is 2.43. The highest BCUT2D eigenvalue weighted by molar-refractivity contribution is 7.01. The Balaban J connectivity index is 2.63. The minimum atomic E-state index is 0.452. The van der Waals surface area contributed by atoms with Crippen LogP contribution in [-0.2, 0) is 0 Å². The van der Waals surface area contributed by atoms with Crippen LogP contribution in [0, 0.1) is 0 Å². The quantitative estimate of drug-likeness (QED) is 0.365. The van der Waals surface area contributed by atoms with Crippen LogP contribution in [0.15, 0.2) is 0 Å². The summed E-state index contributed by atoms with van der Waals surface area (Å²) in [6.07, 6.45) is 0. The minimum Gasteiger partial charge on any atom is -0.390 e. The highest BCUT2D eigenvalue weighted by Crippen LogP contribution is 1.58. The van der Waals surface area contributed by atoms with Crippen LogP contribution in [0.25, 0.3) is 0 Å². The van der Waals surface area contributed by atoms with Crippen LogP contribution in [-0.4, -0.2) is 42.9 Å². The summed E-state index contributed by atoms with van der Waals surface area (Å²) in [6, 6.07) is 0. The van der Waals surface area contributed by atoms with Crippen LogP contribution < -0.4 is 0 Å². The highest BCUT2D eigenvalue weighted by atomic mass is 29.2. The molecule has 0 heterocycles. The zero-order chi connectivity index (χ0) is 4.99. The van der Waals surface area contributed by atoms with Crippen LogP contribution in [0.2, 0.25) is 6.55 Å². The molecule has 0 aliphatic heterocycles. The van der Waals surface area contributed by atoms with Crippen molar-refractivity contribution in [3.63, 3.8) is 0 Å². The van der Waals surface area contributed by atoms with Gasteiger partial charge in [-0.25, -0.2) is 0 Å². The molecule has 0 unspecified atom stereocenters. The van der Waals surface area contributed by atoms with Gasteiger partial charge in [-0.1, -0.05) is 6.55 Å². The molecule has 0 saturated heterocycles. The largest absolute Gasteiger partial charge is 0.390 e. The summed E-state index contributed by atoms with van der Waals surface area (Å²) >= 11 is 0. The number of rotatable bonds is 2. The predicted octanol–water partition coefficient (Wildman–Crippen LogP) is -3.94. The Kier molecular flexibility index (Phi) is 4.55. The van der Waals surface area contributed by atoms with E-state index in [4.69, 9.17) is 0 Å². The lowest BCUT2D eigenvalue weighted by Gasteiger charge is -2.03. The summed E-state index contributed by atoms with van der Waals surface area (Å²) in [4.78, 5) is 0. The van der Waals surface area contributed by atoms with Crippen molar-refractivity contribution < 1.29 is 0 Å². The topological polar surface area (TPSA) is 3.24 Å². The van der Waals surface area contributed by atoms with Crippen molar-refractivity contribution in [2.24, 2.45) is 0 Å². The molecular formula is CH13NSi4. The first-order chi connectivity index (χ1) is 2.77. The van der Waals surface area contributed by atoms with Gasteiger partial charge in [-0.3, -0.25) is 0 Å². The second-order valence-electron chi connectivity index (χ2n) is 1.80. The van der Waals surface area contributed by atoms with Crippen LogP contribution in [0.1, 0.15) is 0 Å². The van der Waals surface area contributed by atoms with E-state index >= 15 is 0 Å². The first-order valence-electron chi connectivity index (χ1n) is 2.42. The molecule has 0 rings (SSSR count). The third-order valence-electron chi connectivity index (χ3n) is 0.671. The maximum atomic E-state index is 2.66. The Morgan fingerprint density at radius 1 is 1.50 bits per heavy atom. The van der Waals surface area contributed by atoms with E-state index in [0.29, 0.717) is 18.2 Å². The van der Waals surface area contributed by atoms with Crippen molar-refractivity contribution in [1.29, 1.82) is 0 Å². The van der Waals surface area contributed by atoms with Crippen molar-refractivity contribution in [2.45, 2.75) is 6.55 Å². The van der Waals surface area contributed by atoms with Gasteiger partial charge in [0.05, 0.1) is 30.0 Å². The van der Waals surface area contributed by atoms with Gasteiger partial charge in [0.1, 0.15) is 0 Å². The Labute approximate surface area is 50.0 Å². The molecule has 0 atom stereocenters. The zero-order valence-corrected chi connectivity index (χ0v) is 11.7. The fourth-order valence-electron chi connectivity index (χ4n) is 0.447. The summed E-state index contributed by atoms with van der Waals surface area (Å²) in [7, 11) is 3.69. The number of hydrogen-bond acceptors (Lipinski definition) is 1. The SMILES string of the molecule is C[SiH2][SiH2]N([SiH3])[SiH3]. The van der Waals surface area contributed by atoms with E-state index in [1.165, 1.54) is 20.8 Å². The Bertz CT molecular complexity index is 28.7. The molecule has 1 nitrogen and oxygen atoms in total. The molecule has 0 saturated carbocycles. The lowest BCUT2D eigenvalue weighted by atomic mass is 11.9. The molecule has 5 heteroatoms. The van der Waals surface area contributed by atoms with E-state index in [1.807, 2.05) is 0 Å². The van der Waals surface area contributed by atoms with Crippen molar-refractivity contribution in [3.8, 4) is 0 Å². The van der Waals surface area contributed by atoms with E-state index in [1.54, 1.807) is 0 Å². The standard InChI is InChI=1S/CH13NSi4/c1-5-6-2(3)4/h5-6H2,1,3-4H3. The first kappa shape index (κ1) is 6.83. The fourth-order valence-corrected chi connectivity index (χ4v) is 12.1. The maximum Gasteiger partial charge on any atom is 0.0636 e. The third-order valence-corrected chi connectivity index (χ3v) is 14.1. The molecule has 0 N–H and O–H groups in total. The Morgan fingerprint density at radius 3 is 2.00 bits per heavy atom. The van der Waals surface area contributed by atoms with E-state index in [2.05, 4.69) is 10.4 Å². The molecule has 0 amide bonds. The molecule has 0 aliphatic carbocycles. The minimum absolute atomic E-state index is 0.452. The summed E-state index contributed by atoms with van der Waals surface area (Å²) in [5.41, 5.74) is 0. The third kappa shape index (κ3) is 4.83. The average molecular weight is 151 g/mol. The van der Waals surface area contributed by atoms with E-state index in [-0.39, 0.29) is 0 Å². The van der Waals surface area contributed by atoms with Gasteiger partial charge >= 0.3 is 0 Å². The molecule has 0 fully saturated rings. The van der Waals surface area contributed by atoms with Crippen LogP contribution in [0.4, 0.5) is 0 Å². The summed E-state index contributed by atoms with van der Waals surface area (Å²) in [5.74, 6) is 0.